The predicted molar refractivity (Wildman–Crippen MR) is 155 cm³/mol. The summed E-state index contributed by atoms with van der Waals surface area (Å²) in [5.41, 5.74) is 3.07. The number of para-hydroxylation sites is 1. The van der Waals surface area contributed by atoms with E-state index in [1.165, 1.54) is 11.5 Å². The lowest BCUT2D eigenvalue weighted by Gasteiger charge is -2.29. The standard InChI is InChI=1S/C31H26FN5OS/c32-24-10-3-4-11-25(24)34-28(38)16-19-37-30(29(35-31(37)39)26-12-5-6-17-33-26)27-13-7-18-36(27)23-15-14-21-8-1-2-9-22(21)20-23/h1-15,17-18,20,29-30H,16,19H2,(H,34,38)(H,35,39)/t29-,30-/m1/s1. The molecule has 2 aromatic heterocycles. The van der Waals surface area contributed by atoms with Crippen LogP contribution in [0.25, 0.3) is 16.5 Å². The monoisotopic (exact) mass is 535 g/mol. The third-order valence-corrected chi connectivity index (χ3v) is 7.37. The lowest BCUT2D eigenvalue weighted by Crippen LogP contribution is -2.33. The Balaban J connectivity index is 1.33. The molecule has 0 spiro atoms. The van der Waals surface area contributed by atoms with Crippen molar-refractivity contribution in [2.24, 2.45) is 0 Å². The van der Waals surface area contributed by atoms with Crippen molar-refractivity contribution in [2.75, 3.05) is 11.9 Å². The van der Waals surface area contributed by atoms with E-state index in [1.54, 1.807) is 24.4 Å². The van der Waals surface area contributed by atoms with Crippen LogP contribution in [-0.2, 0) is 4.79 Å². The van der Waals surface area contributed by atoms with Gasteiger partial charge in [-0.25, -0.2) is 4.39 Å². The van der Waals surface area contributed by atoms with E-state index in [-0.39, 0.29) is 30.1 Å². The van der Waals surface area contributed by atoms with Gasteiger partial charge in [0.2, 0.25) is 5.91 Å². The van der Waals surface area contributed by atoms with Crippen LogP contribution < -0.4 is 10.6 Å². The van der Waals surface area contributed by atoms with Gasteiger partial charge in [-0.15, -0.1) is 0 Å². The molecule has 0 radical (unpaired) electrons. The van der Waals surface area contributed by atoms with Crippen LogP contribution in [0.5, 0.6) is 0 Å². The molecule has 3 aromatic carbocycles. The number of carbonyl (C=O) groups is 1. The number of nitrogens with one attached hydrogen (secondary N) is 2. The van der Waals surface area contributed by atoms with E-state index in [2.05, 4.69) is 56.6 Å². The molecule has 6 nitrogen and oxygen atoms in total. The van der Waals surface area contributed by atoms with E-state index in [1.807, 2.05) is 47.5 Å². The molecule has 39 heavy (non-hydrogen) atoms. The van der Waals surface area contributed by atoms with E-state index in [0.29, 0.717) is 11.7 Å². The quantitative estimate of drug-likeness (QED) is 0.244. The molecule has 0 unspecified atom stereocenters. The van der Waals surface area contributed by atoms with Gasteiger partial charge in [0.25, 0.3) is 0 Å². The summed E-state index contributed by atoms with van der Waals surface area (Å²) in [6.07, 6.45) is 3.95. The Bertz CT molecular complexity index is 1650. The number of amides is 1. The predicted octanol–water partition coefficient (Wildman–Crippen LogP) is 6.17. The molecule has 2 atom stereocenters. The maximum atomic E-state index is 14.1. The van der Waals surface area contributed by atoms with Crippen LogP contribution in [-0.4, -0.2) is 32.0 Å². The summed E-state index contributed by atoms with van der Waals surface area (Å²) in [4.78, 5) is 19.4. The van der Waals surface area contributed by atoms with Crippen molar-refractivity contribution >= 4 is 39.7 Å². The number of thiocarbonyl (C=S) groups is 1. The minimum absolute atomic E-state index is 0.137. The fourth-order valence-corrected chi connectivity index (χ4v) is 5.49. The number of rotatable bonds is 7. The van der Waals surface area contributed by atoms with Gasteiger partial charge in [-0.3, -0.25) is 9.78 Å². The van der Waals surface area contributed by atoms with E-state index in [0.717, 1.165) is 22.5 Å². The first kappa shape index (κ1) is 24.8. The van der Waals surface area contributed by atoms with Crippen LogP contribution in [0.1, 0.15) is 29.9 Å². The molecular formula is C31H26FN5OS. The Morgan fingerprint density at radius 3 is 2.56 bits per heavy atom. The molecule has 1 saturated heterocycles. The first-order valence-corrected chi connectivity index (χ1v) is 13.2. The number of benzene rings is 3. The molecule has 1 amide bonds. The number of hydrogen-bond donors (Lipinski definition) is 2. The number of nitrogens with zero attached hydrogens (tertiary/aromatic N) is 3. The second-order valence-electron chi connectivity index (χ2n) is 9.43. The van der Waals surface area contributed by atoms with Crippen LogP contribution in [0.4, 0.5) is 10.1 Å². The van der Waals surface area contributed by atoms with Gasteiger partial charge in [0.05, 0.1) is 23.5 Å². The first-order chi connectivity index (χ1) is 19.1. The zero-order valence-electron chi connectivity index (χ0n) is 21.0. The van der Waals surface area contributed by atoms with Crippen molar-refractivity contribution in [2.45, 2.75) is 18.5 Å². The molecule has 1 aliphatic heterocycles. The molecule has 6 rings (SSSR count). The second kappa shape index (κ2) is 10.7. The molecule has 1 fully saturated rings. The molecular weight excluding hydrogens is 509 g/mol. The van der Waals surface area contributed by atoms with E-state index in [9.17, 15) is 9.18 Å². The second-order valence-corrected chi connectivity index (χ2v) is 9.82. The molecule has 1 aliphatic rings. The Labute approximate surface area is 231 Å². The molecule has 2 N–H and O–H groups in total. The highest BCUT2D eigenvalue weighted by Gasteiger charge is 2.41. The molecule has 8 heteroatoms. The van der Waals surface area contributed by atoms with Gasteiger partial charge in [-0.2, -0.15) is 0 Å². The molecule has 0 saturated carbocycles. The number of anilines is 1. The topological polar surface area (TPSA) is 62.2 Å². The fraction of sp³-hybridized carbons (Fsp3) is 0.129. The van der Waals surface area contributed by atoms with Crippen LogP contribution >= 0.6 is 12.2 Å². The number of halogens is 1. The van der Waals surface area contributed by atoms with E-state index >= 15 is 0 Å². The number of pyridine rings is 1. The smallest absolute Gasteiger partial charge is 0.226 e. The minimum Gasteiger partial charge on any atom is -0.352 e. The summed E-state index contributed by atoms with van der Waals surface area (Å²) in [5, 5.41) is 8.98. The van der Waals surface area contributed by atoms with Crippen LogP contribution in [0.2, 0.25) is 0 Å². The van der Waals surface area contributed by atoms with Gasteiger partial charge < -0.3 is 20.1 Å². The Morgan fingerprint density at radius 1 is 0.949 bits per heavy atom. The first-order valence-electron chi connectivity index (χ1n) is 12.8. The Hall–Kier alpha value is -4.56. The molecule has 0 bridgehead atoms. The van der Waals surface area contributed by atoms with E-state index in [4.69, 9.17) is 12.2 Å². The average molecular weight is 536 g/mol. The summed E-state index contributed by atoms with van der Waals surface area (Å²) < 4.78 is 16.2. The van der Waals surface area contributed by atoms with Crippen molar-refractivity contribution in [3.05, 3.63) is 127 Å². The third kappa shape index (κ3) is 4.98. The summed E-state index contributed by atoms with van der Waals surface area (Å²) in [6, 6.07) is 30.3. The van der Waals surface area contributed by atoms with E-state index < -0.39 is 5.82 Å². The number of carbonyl (C=O) groups excluding carboxylic acids is 1. The Kier molecular flexibility index (Phi) is 6.77. The van der Waals surface area contributed by atoms with Crippen molar-refractivity contribution in [3.63, 3.8) is 0 Å². The minimum atomic E-state index is -0.467. The maximum Gasteiger partial charge on any atom is 0.226 e. The summed E-state index contributed by atoms with van der Waals surface area (Å²) in [6.45, 7) is 0.350. The lowest BCUT2D eigenvalue weighted by molar-refractivity contribution is -0.116. The highest BCUT2D eigenvalue weighted by molar-refractivity contribution is 7.80. The molecule has 3 heterocycles. The maximum absolute atomic E-state index is 14.1. The highest BCUT2D eigenvalue weighted by atomic mass is 32.1. The number of hydrogen-bond acceptors (Lipinski definition) is 3. The van der Waals surface area contributed by atoms with Crippen LogP contribution in [0.15, 0.2) is 109 Å². The molecule has 5 aromatic rings. The highest BCUT2D eigenvalue weighted by Crippen LogP contribution is 2.39. The summed E-state index contributed by atoms with van der Waals surface area (Å²) in [5.74, 6) is -0.752. The fourth-order valence-electron chi connectivity index (χ4n) is 5.16. The third-order valence-electron chi connectivity index (χ3n) is 7.02. The van der Waals surface area contributed by atoms with Crippen molar-refractivity contribution < 1.29 is 9.18 Å². The normalized spacial score (nSPS) is 16.8. The van der Waals surface area contributed by atoms with Gasteiger partial charge in [-0.05, 0) is 71.5 Å². The van der Waals surface area contributed by atoms with Gasteiger partial charge in [0.15, 0.2) is 5.11 Å². The van der Waals surface area contributed by atoms with Crippen molar-refractivity contribution in [1.82, 2.24) is 19.8 Å². The SMILES string of the molecule is O=C(CCN1C(=S)N[C@H](c2ccccn2)[C@H]1c1cccn1-c1ccc2ccccc2c1)Nc1ccccc1F. The van der Waals surface area contributed by atoms with Gasteiger partial charge in [0, 0.05) is 36.7 Å². The largest absolute Gasteiger partial charge is 0.352 e. The summed E-state index contributed by atoms with van der Waals surface area (Å²) in [7, 11) is 0. The number of aromatic nitrogens is 2. The summed E-state index contributed by atoms with van der Waals surface area (Å²) >= 11 is 5.78. The van der Waals surface area contributed by atoms with Crippen molar-refractivity contribution in [3.8, 4) is 5.69 Å². The average Bonchev–Trinajstić information content (AvgIpc) is 3.57. The zero-order chi connectivity index (χ0) is 26.8. The van der Waals surface area contributed by atoms with Crippen molar-refractivity contribution in [1.29, 1.82) is 0 Å². The molecule has 194 valence electrons. The van der Waals surface area contributed by atoms with Gasteiger partial charge >= 0.3 is 0 Å². The van der Waals surface area contributed by atoms with Gasteiger partial charge in [-0.1, -0.05) is 48.5 Å². The van der Waals surface area contributed by atoms with Crippen LogP contribution in [0.3, 0.4) is 0 Å². The zero-order valence-corrected chi connectivity index (χ0v) is 21.8. The lowest BCUT2D eigenvalue weighted by atomic mass is 10.0. The number of fused-ring (bicyclic) bond motifs is 1. The Morgan fingerprint density at radius 2 is 1.74 bits per heavy atom. The molecule has 0 aliphatic carbocycles. The van der Waals surface area contributed by atoms with Crippen LogP contribution in [0, 0.1) is 5.82 Å². The van der Waals surface area contributed by atoms with Gasteiger partial charge in [0.1, 0.15) is 5.82 Å².